The van der Waals surface area contributed by atoms with Crippen LogP contribution in [0.25, 0.3) is 0 Å². The number of nitrogens with two attached hydrogens (primary N) is 2. The Bertz CT molecular complexity index is 232. The summed E-state index contributed by atoms with van der Waals surface area (Å²) in [5, 5.41) is 0. The van der Waals surface area contributed by atoms with Crippen molar-refractivity contribution >= 4 is 11.8 Å². The van der Waals surface area contributed by atoms with Crippen molar-refractivity contribution in [2.45, 2.75) is 38.5 Å². The number of hydrogen-bond donors (Lipinski definition) is 2. The van der Waals surface area contributed by atoms with Crippen LogP contribution in [0.1, 0.15) is 38.5 Å². The molecule has 1 fully saturated rings. The van der Waals surface area contributed by atoms with E-state index in [9.17, 15) is 9.59 Å². The highest BCUT2D eigenvalue weighted by Gasteiger charge is 2.37. The Morgan fingerprint density at radius 2 is 1.71 bits per heavy atom. The topological polar surface area (TPSA) is 86.2 Å². The third kappa shape index (κ3) is 2.47. The summed E-state index contributed by atoms with van der Waals surface area (Å²) in [5.74, 6) is -0.727. The van der Waals surface area contributed by atoms with Crippen LogP contribution in [0.3, 0.4) is 0 Å². The fourth-order valence-electron chi connectivity index (χ4n) is 2.03. The molecule has 2 amide bonds. The van der Waals surface area contributed by atoms with Gasteiger partial charge in [-0.25, -0.2) is 0 Å². The maximum Gasteiger partial charge on any atom is 0.223 e. The van der Waals surface area contributed by atoms with Crippen LogP contribution in [0, 0.1) is 11.8 Å². The van der Waals surface area contributed by atoms with Crippen molar-refractivity contribution in [2.75, 3.05) is 0 Å². The van der Waals surface area contributed by atoms with Gasteiger partial charge in [0.2, 0.25) is 11.8 Å². The smallest absolute Gasteiger partial charge is 0.223 e. The molecular weight excluding hydrogens is 180 g/mol. The highest BCUT2D eigenvalue weighted by molar-refractivity contribution is 5.84. The van der Waals surface area contributed by atoms with Gasteiger partial charge in [0.05, 0.1) is 5.41 Å². The summed E-state index contributed by atoms with van der Waals surface area (Å²) in [5.41, 5.74) is 9.84. The number of carbonyl (C=O) groups is 2. The third-order valence-electron chi connectivity index (χ3n) is 2.93. The summed E-state index contributed by atoms with van der Waals surface area (Å²) in [7, 11) is 0. The molecule has 0 aromatic carbocycles. The van der Waals surface area contributed by atoms with Crippen LogP contribution in [-0.2, 0) is 9.59 Å². The Balaban J connectivity index is 2.60. The standard InChI is InChI=1S/C10H17N2O2/c11-8(13)4-7-10(9(12)14)5-2-1-3-6-10/h7H,1-6H2,(H2,11,13)(H2,12,14). The maximum atomic E-state index is 11.3. The molecule has 4 nitrogen and oxygen atoms in total. The molecule has 14 heavy (non-hydrogen) atoms. The van der Waals surface area contributed by atoms with Crippen LogP contribution >= 0.6 is 0 Å². The van der Waals surface area contributed by atoms with E-state index in [2.05, 4.69) is 0 Å². The molecule has 1 radical (unpaired) electrons. The second-order valence-corrected chi connectivity index (χ2v) is 3.96. The van der Waals surface area contributed by atoms with E-state index in [0.717, 1.165) is 32.1 Å². The molecule has 0 spiro atoms. The van der Waals surface area contributed by atoms with Crippen LogP contribution in [0.5, 0.6) is 0 Å². The van der Waals surface area contributed by atoms with Crippen molar-refractivity contribution in [3.63, 3.8) is 0 Å². The van der Waals surface area contributed by atoms with Crippen molar-refractivity contribution in [1.82, 2.24) is 0 Å². The fourth-order valence-corrected chi connectivity index (χ4v) is 2.03. The van der Waals surface area contributed by atoms with Crippen molar-refractivity contribution in [3.05, 3.63) is 6.42 Å². The molecule has 4 heteroatoms. The first-order chi connectivity index (χ1) is 6.57. The quantitative estimate of drug-likeness (QED) is 0.687. The Kier molecular flexibility index (Phi) is 3.49. The minimum atomic E-state index is -0.576. The zero-order chi connectivity index (χ0) is 10.6. The Morgan fingerprint density at radius 1 is 1.14 bits per heavy atom. The summed E-state index contributed by atoms with van der Waals surface area (Å²) in [4.78, 5) is 22.0. The Hall–Kier alpha value is -1.06. The van der Waals surface area contributed by atoms with E-state index in [1.165, 1.54) is 0 Å². The molecule has 1 saturated carbocycles. The van der Waals surface area contributed by atoms with Gasteiger partial charge >= 0.3 is 0 Å². The molecule has 0 atom stereocenters. The summed E-state index contributed by atoms with van der Waals surface area (Å²) in [6.45, 7) is 0. The Labute approximate surface area is 84.0 Å². The van der Waals surface area contributed by atoms with Crippen molar-refractivity contribution < 1.29 is 9.59 Å². The normalized spacial score (nSPS) is 20.3. The van der Waals surface area contributed by atoms with Gasteiger partial charge in [0.1, 0.15) is 0 Å². The summed E-state index contributed by atoms with van der Waals surface area (Å²) >= 11 is 0. The van der Waals surface area contributed by atoms with E-state index < -0.39 is 11.3 Å². The van der Waals surface area contributed by atoms with Crippen molar-refractivity contribution in [2.24, 2.45) is 16.9 Å². The average Bonchev–Trinajstić information content (AvgIpc) is 2.16. The molecule has 0 unspecified atom stereocenters. The highest BCUT2D eigenvalue weighted by Crippen LogP contribution is 2.39. The third-order valence-corrected chi connectivity index (χ3v) is 2.93. The summed E-state index contributed by atoms with van der Waals surface area (Å²) < 4.78 is 0. The first-order valence-corrected chi connectivity index (χ1v) is 4.99. The number of hydrogen-bond acceptors (Lipinski definition) is 2. The van der Waals surface area contributed by atoms with Crippen molar-refractivity contribution in [3.8, 4) is 0 Å². The lowest BCUT2D eigenvalue weighted by Crippen LogP contribution is -2.40. The fraction of sp³-hybridized carbons (Fsp3) is 0.700. The Morgan fingerprint density at radius 3 is 2.14 bits per heavy atom. The van der Waals surface area contributed by atoms with Crippen LogP contribution in [0.4, 0.5) is 0 Å². The minimum Gasteiger partial charge on any atom is -0.370 e. The van der Waals surface area contributed by atoms with E-state index >= 15 is 0 Å². The maximum absolute atomic E-state index is 11.3. The van der Waals surface area contributed by atoms with E-state index in [4.69, 9.17) is 11.5 Å². The van der Waals surface area contributed by atoms with E-state index in [-0.39, 0.29) is 12.3 Å². The van der Waals surface area contributed by atoms with Gasteiger partial charge in [-0.3, -0.25) is 9.59 Å². The number of amides is 2. The lowest BCUT2D eigenvalue weighted by Gasteiger charge is -2.33. The molecule has 0 aromatic rings. The molecule has 4 N–H and O–H groups in total. The molecule has 1 rings (SSSR count). The number of primary amides is 2. The predicted molar refractivity (Wildman–Crippen MR) is 52.8 cm³/mol. The largest absolute Gasteiger partial charge is 0.370 e. The predicted octanol–water partition coefficient (Wildman–Crippen LogP) is 0.502. The molecule has 0 bridgehead atoms. The molecule has 0 saturated heterocycles. The molecular formula is C10H17N2O2. The summed E-state index contributed by atoms with van der Waals surface area (Å²) in [6, 6.07) is 0. The van der Waals surface area contributed by atoms with Crippen molar-refractivity contribution in [1.29, 1.82) is 0 Å². The van der Waals surface area contributed by atoms with Gasteiger partial charge in [-0.2, -0.15) is 0 Å². The van der Waals surface area contributed by atoms with E-state index in [1.54, 1.807) is 6.42 Å². The van der Waals surface area contributed by atoms with Crippen LogP contribution < -0.4 is 11.5 Å². The highest BCUT2D eigenvalue weighted by atomic mass is 16.1. The number of rotatable bonds is 4. The van der Waals surface area contributed by atoms with Crippen LogP contribution in [0.15, 0.2) is 0 Å². The van der Waals surface area contributed by atoms with Gasteiger partial charge in [0.25, 0.3) is 0 Å². The first-order valence-electron chi connectivity index (χ1n) is 4.99. The van der Waals surface area contributed by atoms with Gasteiger partial charge < -0.3 is 11.5 Å². The average molecular weight is 197 g/mol. The second-order valence-electron chi connectivity index (χ2n) is 3.96. The summed E-state index contributed by atoms with van der Waals surface area (Å²) in [6.07, 6.45) is 6.50. The van der Waals surface area contributed by atoms with E-state index in [1.807, 2.05) is 0 Å². The molecule has 0 aromatic heterocycles. The molecule has 1 aliphatic rings. The van der Waals surface area contributed by atoms with Crippen LogP contribution in [0.2, 0.25) is 0 Å². The molecule has 1 aliphatic carbocycles. The molecule has 0 aliphatic heterocycles. The van der Waals surface area contributed by atoms with E-state index in [0.29, 0.717) is 0 Å². The zero-order valence-corrected chi connectivity index (χ0v) is 8.29. The van der Waals surface area contributed by atoms with Gasteiger partial charge in [-0.15, -0.1) is 0 Å². The van der Waals surface area contributed by atoms with Gasteiger partial charge in [0, 0.05) is 6.42 Å². The monoisotopic (exact) mass is 197 g/mol. The van der Waals surface area contributed by atoms with Gasteiger partial charge in [-0.05, 0) is 19.3 Å². The molecule has 79 valence electrons. The van der Waals surface area contributed by atoms with Gasteiger partial charge in [0.15, 0.2) is 0 Å². The zero-order valence-electron chi connectivity index (χ0n) is 8.29. The lowest BCUT2D eigenvalue weighted by molar-refractivity contribution is -0.127. The van der Waals surface area contributed by atoms with Gasteiger partial charge in [-0.1, -0.05) is 19.3 Å². The second kappa shape index (κ2) is 4.44. The number of carbonyl (C=O) groups excluding carboxylic acids is 2. The lowest BCUT2D eigenvalue weighted by atomic mass is 9.70. The first kappa shape index (κ1) is 11.0. The molecule has 0 heterocycles. The minimum absolute atomic E-state index is 0.142. The SMILES string of the molecule is NC(=O)C[CH]C1(C(N)=O)CCCCC1. The van der Waals surface area contributed by atoms with Crippen LogP contribution in [-0.4, -0.2) is 11.8 Å².